The van der Waals surface area contributed by atoms with Gasteiger partial charge in [0.15, 0.2) is 9.84 Å². The van der Waals surface area contributed by atoms with Gasteiger partial charge in [-0.05, 0) is 30.7 Å². The average Bonchev–Trinajstić information content (AvgIpc) is 2.39. The molecule has 0 aliphatic carbocycles. The Balaban J connectivity index is 2.31. The molecule has 0 saturated heterocycles. The molecule has 2 aromatic rings. The van der Waals surface area contributed by atoms with E-state index in [0.717, 1.165) is 5.56 Å². The second kappa shape index (κ2) is 5.46. The van der Waals surface area contributed by atoms with Gasteiger partial charge in [-0.2, -0.15) is 0 Å². The number of nitrogens with one attached hydrogen (secondary N) is 1. The van der Waals surface area contributed by atoms with Crippen molar-refractivity contribution in [1.82, 2.24) is 0 Å². The van der Waals surface area contributed by atoms with Crippen LogP contribution in [0.15, 0.2) is 53.4 Å². The van der Waals surface area contributed by atoms with E-state index in [9.17, 15) is 8.42 Å². The van der Waals surface area contributed by atoms with E-state index in [1.807, 2.05) is 6.92 Å². The molecule has 2 aromatic carbocycles. The summed E-state index contributed by atoms with van der Waals surface area (Å²) < 4.78 is 24.6. The third-order valence-electron chi connectivity index (χ3n) is 2.97. The predicted octanol–water partition coefficient (Wildman–Crippen LogP) is 2.25. The quantitative estimate of drug-likeness (QED) is 0.668. The first kappa shape index (κ1) is 14.3. The van der Waals surface area contributed by atoms with Crippen LogP contribution in [0.4, 0.5) is 0 Å². The second-order valence-electron chi connectivity index (χ2n) is 4.69. The highest BCUT2D eigenvalue weighted by Crippen LogP contribution is 2.17. The highest BCUT2D eigenvalue weighted by Gasteiger charge is 2.15. The number of hydrogen-bond donors (Lipinski definition) is 2. The lowest BCUT2D eigenvalue weighted by Gasteiger charge is -2.06. The van der Waals surface area contributed by atoms with Gasteiger partial charge in [-0.25, -0.2) is 8.42 Å². The molecule has 0 fully saturated rings. The SMILES string of the molecule is Cc1ccc(S(=O)(=O)Cc2cccc(C(=N)N)c2)cc1. The summed E-state index contributed by atoms with van der Waals surface area (Å²) >= 11 is 0. The van der Waals surface area contributed by atoms with Crippen LogP contribution in [-0.2, 0) is 15.6 Å². The van der Waals surface area contributed by atoms with Gasteiger partial charge in [0.1, 0.15) is 5.84 Å². The Hall–Kier alpha value is -2.14. The highest BCUT2D eigenvalue weighted by molar-refractivity contribution is 7.90. The number of benzene rings is 2. The number of nitrogens with two attached hydrogens (primary N) is 1. The van der Waals surface area contributed by atoms with Gasteiger partial charge in [-0.15, -0.1) is 0 Å². The highest BCUT2D eigenvalue weighted by atomic mass is 32.2. The minimum absolute atomic E-state index is 0.0698. The summed E-state index contributed by atoms with van der Waals surface area (Å²) in [6.45, 7) is 1.91. The molecule has 0 aromatic heterocycles. The van der Waals surface area contributed by atoms with Crippen molar-refractivity contribution < 1.29 is 8.42 Å². The lowest BCUT2D eigenvalue weighted by molar-refractivity contribution is 0.595. The second-order valence-corrected chi connectivity index (χ2v) is 6.68. The lowest BCUT2D eigenvalue weighted by Crippen LogP contribution is -2.12. The third-order valence-corrected chi connectivity index (χ3v) is 4.68. The molecule has 0 heterocycles. The number of rotatable bonds is 4. The molecule has 104 valence electrons. The van der Waals surface area contributed by atoms with Crippen LogP contribution in [0.5, 0.6) is 0 Å². The summed E-state index contributed by atoms with van der Waals surface area (Å²) in [4.78, 5) is 0.302. The fraction of sp³-hybridized carbons (Fsp3) is 0.133. The van der Waals surface area contributed by atoms with Gasteiger partial charge in [-0.1, -0.05) is 35.9 Å². The van der Waals surface area contributed by atoms with E-state index in [1.165, 1.54) is 0 Å². The number of nitrogen functional groups attached to an aromatic ring is 1. The molecule has 0 amide bonds. The average molecular weight is 288 g/mol. The topological polar surface area (TPSA) is 84.0 Å². The summed E-state index contributed by atoms with van der Waals surface area (Å²) in [5, 5.41) is 7.38. The van der Waals surface area contributed by atoms with Crippen LogP contribution < -0.4 is 5.73 Å². The number of aryl methyl sites for hydroxylation is 1. The number of sulfone groups is 1. The summed E-state index contributed by atoms with van der Waals surface area (Å²) in [5.74, 6) is -0.170. The zero-order valence-electron chi connectivity index (χ0n) is 11.1. The molecule has 0 unspecified atom stereocenters. The Morgan fingerprint density at radius 1 is 1.15 bits per heavy atom. The van der Waals surface area contributed by atoms with Crippen molar-refractivity contribution in [2.24, 2.45) is 5.73 Å². The first-order chi connectivity index (χ1) is 9.38. The van der Waals surface area contributed by atoms with Gasteiger partial charge in [0.2, 0.25) is 0 Å². The van der Waals surface area contributed by atoms with Crippen LogP contribution in [0.2, 0.25) is 0 Å². The molecule has 0 aliphatic rings. The van der Waals surface area contributed by atoms with E-state index in [2.05, 4.69) is 0 Å². The van der Waals surface area contributed by atoms with Gasteiger partial charge in [0.25, 0.3) is 0 Å². The monoisotopic (exact) mass is 288 g/mol. The zero-order chi connectivity index (χ0) is 14.8. The van der Waals surface area contributed by atoms with E-state index in [1.54, 1.807) is 48.5 Å². The normalized spacial score (nSPS) is 11.2. The van der Waals surface area contributed by atoms with Crippen LogP contribution in [0.1, 0.15) is 16.7 Å². The fourth-order valence-electron chi connectivity index (χ4n) is 1.88. The molecule has 20 heavy (non-hydrogen) atoms. The smallest absolute Gasteiger partial charge is 0.182 e. The molecule has 4 nitrogen and oxygen atoms in total. The van der Waals surface area contributed by atoms with Crippen molar-refractivity contribution in [2.75, 3.05) is 0 Å². The predicted molar refractivity (Wildman–Crippen MR) is 79.5 cm³/mol. The molecular formula is C15H16N2O2S. The Morgan fingerprint density at radius 2 is 1.80 bits per heavy atom. The minimum Gasteiger partial charge on any atom is -0.384 e. The maximum absolute atomic E-state index is 12.3. The van der Waals surface area contributed by atoms with Crippen LogP contribution in [0, 0.1) is 12.3 Å². The van der Waals surface area contributed by atoms with Crippen molar-refractivity contribution in [3.8, 4) is 0 Å². The molecule has 0 bridgehead atoms. The molecule has 0 saturated carbocycles. The van der Waals surface area contributed by atoms with Crippen LogP contribution >= 0.6 is 0 Å². The Kier molecular flexibility index (Phi) is 3.90. The fourth-order valence-corrected chi connectivity index (χ4v) is 3.21. The Bertz CT molecular complexity index is 735. The largest absolute Gasteiger partial charge is 0.384 e. The van der Waals surface area contributed by atoms with E-state index in [-0.39, 0.29) is 11.6 Å². The van der Waals surface area contributed by atoms with Crippen molar-refractivity contribution in [1.29, 1.82) is 5.41 Å². The zero-order valence-corrected chi connectivity index (χ0v) is 11.9. The van der Waals surface area contributed by atoms with Gasteiger partial charge < -0.3 is 5.73 Å². The standard InChI is InChI=1S/C15H16N2O2S/c1-11-5-7-14(8-6-11)20(18,19)10-12-3-2-4-13(9-12)15(16)17/h2-9H,10H2,1H3,(H3,16,17). The summed E-state index contributed by atoms with van der Waals surface area (Å²) in [6.07, 6.45) is 0. The van der Waals surface area contributed by atoms with E-state index >= 15 is 0 Å². The summed E-state index contributed by atoms with van der Waals surface area (Å²) in [6, 6.07) is 13.5. The molecule has 0 atom stereocenters. The molecule has 5 heteroatoms. The molecule has 3 N–H and O–H groups in total. The lowest BCUT2D eigenvalue weighted by atomic mass is 10.1. The summed E-state index contributed by atoms with van der Waals surface area (Å²) in [7, 11) is -3.38. The Labute approximate surface area is 118 Å². The van der Waals surface area contributed by atoms with Crippen molar-refractivity contribution in [3.63, 3.8) is 0 Å². The van der Waals surface area contributed by atoms with E-state index < -0.39 is 9.84 Å². The first-order valence-electron chi connectivity index (χ1n) is 6.11. The van der Waals surface area contributed by atoms with Crippen molar-refractivity contribution in [2.45, 2.75) is 17.6 Å². The third kappa shape index (κ3) is 3.24. The van der Waals surface area contributed by atoms with Crippen LogP contribution in [-0.4, -0.2) is 14.3 Å². The van der Waals surface area contributed by atoms with Gasteiger partial charge >= 0.3 is 0 Å². The molecule has 0 radical (unpaired) electrons. The minimum atomic E-state index is -3.38. The maximum atomic E-state index is 12.3. The Morgan fingerprint density at radius 3 is 2.40 bits per heavy atom. The van der Waals surface area contributed by atoms with Gasteiger partial charge in [0, 0.05) is 5.56 Å². The van der Waals surface area contributed by atoms with Crippen molar-refractivity contribution in [3.05, 3.63) is 65.2 Å². The summed E-state index contributed by atoms with van der Waals surface area (Å²) in [5.41, 5.74) is 7.58. The first-order valence-corrected chi connectivity index (χ1v) is 7.76. The van der Waals surface area contributed by atoms with Gasteiger partial charge in [0.05, 0.1) is 10.6 Å². The van der Waals surface area contributed by atoms with E-state index in [4.69, 9.17) is 11.1 Å². The van der Waals surface area contributed by atoms with Gasteiger partial charge in [-0.3, -0.25) is 5.41 Å². The molecule has 0 aliphatic heterocycles. The molecule has 2 rings (SSSR count). The maximum Gasteiger partial charge on any atom is 0.182 e. The van der Waals surface area contributed by atoms with Crippen molar-refractivity contribution >= 4 is 15.7 Å². The van der Waals surface area contributed by atoms with Crippen LogP contribution in [0.3, 0.4) is 0 Å². The molecule has 0 spiro atoms. The number of hydrogen-bond acceptors (Lipinski definition) is 3. The number of amidine groups is 1. The van der Waals surface area contributed by atoms with E-state index in [0.29, 0.717) is 16.0 Å². The van der Waals surface area contributed by atoms with Crippen LogP contribution in [0.25, 0.3) is 0 Å². The molecular weight excluding hydrogens is 272 g/mol.